The van der Waals surface area contributed by atoms with Crippen molar-refractivity contribution in [2.45, 2.75) is 45.8 Å². The van der Waals surface area contributed by atoms with Crippen molar-refractivity contribution < 1.29 is 4.74 Å². The summed E-state index contributed by atoms with van der Waals surface area (Å²) in [6.45, 7) is 9.03. The van der Waals surface area contributed by atoms with Crippen LogP contribution in [-0.2, 0) is 18.2 Å². The molecule has 0 bridgehead atoms. The second kappa shape index (κ2) is 5.65. The van der Waals surface area contributed by atoms with E-state index in [1.54, 1.807) is 0 Å². The minimum Gasteiger partial charge on any atom is -0.374 e. The molecule has 1 rings (SSSR count). The third kappa shape index (κ3) is 3.54. The molecule has 4 heteroatoms. The molecule has 0 saturated carbocycles. The van der Waals surface area contributed by atoms with Gasteiger partial charge in [-0.05, 0) is 40.8 Å². The summed E-state index contributed by atoms with van der Waals surface area (Å²) >= 11 is 0. The number of hydrogen-bond donors (Lipinski definition) is 1. The standard InChI is InChI=1S/C13H25N3O/c1-7-17-13(3,4)12(14-5)9-11-8-10(2)15-16(11)6/h8,12,14H,7,9H2,1-6H3. The molecule has 4 nitrogen and oxygen atoms in total. The summed E-state index contributed by atoms with van der Waals surface area (Å²) in [7, 11) is 3.97. The minimum absolute atomic E-state index is 0.179. The van der Waals surface area contributed by atoms with Crippen molar-refractivity contribution in [2.75, 3.05) is 13.7 Å². The highest BCUT2D eigenvalue weighted by molar-refractivity contribution is 5.11. The SMILES string of the molecule is CCOC(C)(C)C(Cc1cc(C)nn1C)NC. The summed E-state index contributed by atoms with van der Waals surface area (Å²) in [5, 5.41) is 7.72. The monoisotopic (exact) mass is 239 g/mol. The Morgan fingerprint density at radius 1 is 1.53 bits per heavy atom. The molecule has 0 amide bonds. The summed E-state index contributed by atoms with van der Waals surface area (Å²) in [6, 6.07) is 2.41. The number of aryl methyl sites for hydroxylation is 2. The van der Waals surface area contributed by atoms with E-state index in [0.29, 0.717) is 0 Å². The van der Waals surface area contributed by atoms with Crippen LogP contribution < -0.4 is 5.32 Å². The second-order valence-electron chi connectivity index (χ2n) is 4.98. The lowest BCUT2D eigenvalue weighted by Crippen LogP contribution is -2.48. The van der Waals surface area contributed by atoms with Crippen LogP contribution in [0.25, 0.3) is 0 Å². The van der Waals surface area contributed by atoms with E-state index < -0.39 is 0 Å². The third-order valence-electron chi connectivity index (χ3n) is 3.22. The van der Waals surface area contributed by atoms with Crippen LogP contribution >= 0.6 is 0 Å². The molecule has 1 aromatic rings. The van der Waals surface area contributed by atoms with Crippen molar-refractivity contribution in [2.24, 2.45) is 7.05 Å². The van der Waals surface area contributed by atoms with Crippen LogP contribution in [0.1, 0.15) is 32.2 Å². The van der Waals surface area contributed by atoms with Crippen molar-refractivity contribution >= 4 is 0 Å². The van der Waals surface area contributed by atoms with Gasteiger partial charge in [0.05, 0.1) is 11.3 Å². The number of nitrogens with one attached hydrogen (secondary N) is 1. The fraction of sp³-hybridized carbons (Fsp3) is 0.769. The molecule has 0 radical (unpaired) electrons. The summed E-state index contributed by atoms with van der Waals surface area (Å²) < 4.78 is 7.76. The molecule has 0 aliphatic carbocycles. The largest absolute Gasteiger partial charge is 0.374 e. The van der Waals surface area contributed by atoms with E-state index in [1.165, 1.54) is 5.69 Å². The maximum atomic E-state index is 5.81. The van der Waals surface area contributed by atoms with Gasteiger partial charge in [0.25, 0.3) is 0 Å². The maximum absolute atomic E-state index is 5.81. The first kappa shape index (κ1) is 14.2. The molecule has 0 saturated heterocycles. The lowest BCUT2D eigenvalue weighted by atomic mass is 9.94. The minimum atomic E-state index is -0.179. The van der Waals surface area contributed by atoms with Crippen LogP contribution in [0.4, 0.5) is 0 Å². The highest BCUT2D eigenvalue weighted by Crippen LogP contribution is 2.19. The first-order valence-electron chi connectivity index (χ1n) is 6.21. The van der Waals surface area contributed by atoms with Crippen molar-refractivity contribution in [3.05, 3.63) is 17.5 Å². The van der Waals surface area contributed by atoms with Gasteiger partial charge in [0.15, 0.2) is 0 Å². The van der Waals surface area contributed by atoms with E-state index in [9.17, 15) is 0 Å². The van der Waals surface area contributed by atoms with E-state index >= 15 is 0 Å². The number of aromatic nitrogens is 2. The van der Waals surface area contributed by atoms with Gasteiger partial charge in [-0.25, -0.2) is 0 Å². The highest BCUT2D eigenvalue weighted by atomic mass is 16.5. The Balaban J connectivity index is 2.79. The van der Waals surface area contributed by atoms with Crippen molar-refractivity contribution in [3.8, 4) is 0 Å². The number of hydrogen-bond acceptors (Lipinski definition) is 3. The first-order valence-corrected chi connectivity index (χ1v) is 6.21. The van der Waals surface area contributed by atoms with Crippen LogP contribution in [0.2, 0.25) is 0 Å². The summed E-state index contributed by atoms with van der Waals surface area (Å²) in [5.74, 6) is 0. The van der Waals surface area contributed by atoms with Crippen molar-refractivity contribution in [1.29, 1.82) is 0 Å². The number of nitrogens with zero attached hydrogens (tertiary/aromatic N) is 2. The van der Waals surface area contributed by atoms with Crippen LogP contribution in [0.15, 0.2) is 6.07 Å². The molecule has 98 valence electrons. The summed E-state index contributed by atoms with van der Waals surface area (Å²) in [6.07, 6.45) is 0.918. The lowest BCUT2D eigenvalue weighted by Gasteiger charge is -2.34. The smallest absolute Gasteiger partial charge is 0.0782 e. The number of ether oxygens (including phenoxy) is 1. The third-order valence-corrected chi connectivity index (χ3v) is 3.22. The molecule has 1 unspecified atom stereocenters. The van der Waals surface area contributed by atoms with Crippen LogP contribution in [-0.4, -0.2) is 35.1 Å². The Morgan fingerprint density at radius 2 is 2.18 bits per heavy atom. The average Bonchev–Trinajstić information content (AvgIpc) is 2.53. The Hall–Kier alpha value is -0.870. The average molecular weight is 239 g/mol. The number of likely N-dealkylation sites (N-methyl/N-ethyl adjacent to an activating group) is 1. The van der Waals surface area contributed by atoms with E-state index in [4.69, 9.17) is 4.74 Å². The zero-order valence-corrected chi connectivity index (χ0v) is 11.9. The lowest BCUT2D eigenvalue weighted by molar-refractivity contribution is -0.0366. The Bertz CT molecular complexity index is 358. The molecule has 0 aliphatic heterocycles. The van der Waals surface area contributed by atoms with Crippen molar-refractivity contribution in [3.63, 3.8) is 0 Å². The molecular formula is C13H25N3O. The molecule has 0 spiro atoms. The van der Waals surface area contributed by atoms with Gasteiger partial charge in [0, 0.05) is 31.8 Å². The van der Waals surface area contributed by atoms with Gasteiger partial charge in [-0.3, -0.25) is 4.68 Å². The fourth-order valence-electron chi connectivity index (χ4n) is 2.23. The first-order chi connectivity index (χ1) is 7.90. The number of rotatable bonds is 6. The fourth-order valence-corrected chi connectivity index (χ4v) is 2.23. The van der Waals surface area contributed by atoms with Gasteiger partial charge < -0.3 is 10.1 Å². The van der Waals surface area contributed by atoms with E-state index in [2.05, 4.69) is 30.3 Å². The molecule has 1 N–H and O–H groups in total. The molecule has 1 aromatic heterocycles. The molecule has 0 aliphatic rings. The summed E-state index contributed by atoms with van der Waals surface area (Å²) in [4.78, 5) is 0. The van der Waals surface area contributed by atoms with Gasteiger partial charge in [0.1, 0.15) is 0 Å². The predicted octanol–water partition coefficient (Wildman–Crippen LogP) is 1.67. The second-order valence-corrected chi connectivity index (χ2v) is 4.98. The Labute approximate surface area is 104 Å². The van der Waals surface area contributed by atoms with Crippen LogP contribution in [0, 0.1) is 6.92 Å². The van der Waals surface area contributed by atoms with Crippen LogP contribution in [0.5, 0.6) is 0 Å². The van der Waals surface area contributed by atoms with Gasteiger partial charge in [-0.2, -0.15) is 5.10 Å². The van der Waals surface area contributed by atoms with E-state index in [0.717, 1.165) is 18.7 Å². The quantitative estimate of drug-likeness (QED) is 0.821. The van der Waals surface area contributed by atoms with E-state index in [1.807, 2.05) is 32.6 Å². The Morgan fingerprint density at radius 3 is 2.59 bits per heavy atom. The Kier molecular flexibility index (Phi) is 4.71. The van der Waals surface area contributed by atoms with Gasteiger partial charge in [-0.15, -0.1) is 0 Å². The molecule has 0 aromatic carbocycles. The molecular weight excluding hydrogens is 214 g/mol. The molecule has 0 fully saturated rings. The van der Waals surface area contributed by atoms with Gasteiger partial charge in [0.2, 0.25) is 0 Å². The molecule has 1 atom stereocenters. The normalized spacial score (nSPS) is 14.0. The van der Waals surface area contributed by atoms with Gasteiger partial charge in [-0.1, -0.05) is 0 Å². The predicted molar refractivity (Wildman–Crippen MR) is 70.2 cm³/mol. The van der Waals surface area contributed by atoms with E-state index in [-0.39, 0.29) is 11.6 Å². The summed E-state index contributed by atoms with van der Waals surface area (Å²) in [5.41, 5.74) is 2.11. The molecule has 1 heterocycles. The maximum Gasteiger partial charge on any atom is 0.0782 e. The topological polar surface area (TPSA) is 39.1 Å². The zero-order chi connectivity index (χ0) is 13.1. The van der Waals surface area contributed by atoms with Crippen LogP contribution in [0.3, 0.4) is 0 Å². The molecule has 17 heavy (non-hydrogen) atoms. The van der Waals surface area contributed by atoms with Gasteiger partial charge >= 0.3 is 0 Å². The zero-order valence-electron chi connectivity index (χ0n) is 11.9. The highest BCUT2D eigenvalue weighted by Gasteiger charge is 2.29. The van der Waals surface area contributed by atoms with Crippen molar-refractivity contribution in [1.82, 2.24) is 15.1 Å².